The first-order valence-electron chi connectivity index (χ1n) is 18.0. The number of ether oxygens (including phenoxy) is 1. The third-order valence-electron chi connectivity index (χ3n) is 9.16. The number of amides is 4. The van der Waals surface area contributed by atoms with E-state index in [9.17, 15) is 42.3 Å². The second kappa shape index (κ2) is 24.8. The van der Waals surface area contributed by atoms with Crippen LogP contribution in [0.2, 0.25) is 0 Å². The lowest BCUT2D eigenvalue weighted by Crippen LogP contribution is -2.60. The average Bonchev–Trinajstić information content (AvgIpc) is 3.11. The Kier molecular flexibility index (Phi) is 23.1. The van der Waals surface area contributed by atoms with Gasteiger partial charge in [-0.15, -0.1) is 50.4 Å². The normalized spacial score (nSPS) is 15.6. The number of alkyl halides is 3. The fourth-order valence-corrected chi connectivity index (χ4v) is 6.07. The van der Waals surface area contributed by atoms with Gasteiger partial charge in [-0.1, -0.05) is 56.3 Å². The molecule has 0 aromatic heterocycles. The molecule has 1 heterocycles. The van der Waals surface area contributed by atoms with Crippen molar-refractivity contribution in [3.8, 4) is 5.75 Å². The molecule has 1 aliphatic rings. The molecular formula is C37H55Cl3F3N7O7. The van der Waals surface area contributed by atoms with Crippen LogP contribution in [-0.2, 0) is 36.8 Å². The number of rotatable bonds is 19. The molecule has 1 fully saturated rings. The van der Waals surface area contributed by atoms with Gasteiger partial charge in [-0.25, -0.2) is 0 Å². The predicted molar refractivity (Wildman–Crippen MR) is 215 cm³/mol. The summed E-state index contributed by atoms with van der Waals surface area (Å²) in [6.45, 7) is 4.28. The molecule has 0 saturated carbocycles. The van der Waals surface area contributed by atoms with Gasteiger partial charge in [0.25, 0.3) is 0 Å². The van der Waals surface area contributed by atoms with E-state index in [1.54, 1.807) is 30.3 Å². The van der Waals surface area contributed by atoms with Gasteiger partial charge in [0, 0.05) is 19.5 Å². The molecule has 3 rings (SSSR count). The minimum atomic E-state index is -4.86. The Morgan fingerprint density at radius 1 is 0.807 bits per heavy atom. The second-order valence-corrected chi connectivity index (χ2v) is 14.1. The number of carbonyl (C=O) groups excluding carboxylic acids is 4. The maximum Gasteiger partial charge on any atom is 0.573 e. The molecule has 1 aliphatic heterocycles. The monoisotopic (exact) mass is 871 g/mol. The molecule has 322 valence electrons. The van der Waals surface area contributed by atoms with Gasteiger partial charge in [-0.2, -0.15) is 0 Å². The van der Waals surface area contributed by atoms with Crippen molar-refractivity contribution in [3.63, 3.8) is 0 Å². The SMILES string of the molecule is CC(C)CC(NC(=O)C(Cc1ccccc1)NC(=O)C(N)Cc1ccc(OC(F)(F)F)cc1)C(=O)NC(CCCCN)C(=O)N1CCC(N)(C(=O)O)CC1.Cl.Cl.Cl. The van der Waals surface area contributed by atoms with Crippen LogP contribution in [0.5, 0.6) is 5.75 Å². The van der Waals surface area contributed by atoms with Crippen molar-refractivity contribution in [3.05, 3.63) is 65.7 Å². The molecule has 2 aromatic carbocycles. The number of unbranched alkanes of at least 4 members (excludes halogenated alkanes) is 1. The molecule has 4 amide bonds. The summed E-state index contributed by atoms with van der Waals surface area (Å²) in [5, 5.41) is 17.7. The van der Waals surface area contributed by atoms with Crippen LogP contribution >= 0.6 is 37.2 Å². The molecule has 57 heavy (non-hydrogen) atoms. The molecule has 0 aliphatic carbocycles. The summed E-state index contributed by atoms with van der Waals surface area (Å²) in [6.07, 6.45) is -3.22. The lowest BCUT2D eigenvalue weighted by atomic mass is 9.88. The van der Waals surface area contributed by atoms with Gasteiger partial charge in [0.15, 0.2) is 0 Å². The van der Waals surface area contributed by atoms with Crippen molar-refractivity contribution in [2.45, 2.75) is 101 Å². The van der Waals surface area contributed by atoms with Crippen LogP contribution in [-0.4, -0.2) is 95.3 Å². The van der Waals surface area contributed by atoms with Crippen LogP contribution in [0.4, 0.5) is 13.2 Å². The molecule has 1 saturated heterocycles. The molecule has 0 bridgehead atoms. The quantitative estimate of drug-likeness (QED) is 0.102. The Bertz CT molecular complexity index is 1570. The van der Waals surface area contributed by atoms with Crippen molar-refractivity contribution in [1.82, 2.24) is 20.9 Å². The first-order valence-corrected chi connectivity index (χ1v) is 18.0. The zero-order chi connectivity index (χ0) is 40.1. The van der Waals surface area contributed by atoms with E-state index < -0.39 is 71.4 Å². The van der Waals surface area contributed by atoms with Gasteiger partial charge >= 0.3 is 12.3 Å². The van der Waals surface area contributed by atoms with Gasteiger partial charge in [0.05, 0.1) is 6.04 Å². The Morgan fingerprint density at radius 3 is 1.86 bits per heavy atom. The molecule has 0 spiro atoms. The molecule has 0 radical (unpaired) electrons. The lowest BCUT2D eigenvalue weighted by molar-refractivity contribution is -0.274. The number of nitrogens with one attached hydrogen (secondary N) is 3. The predicted octanol–water partition coefficient (Wildman–Crippen LogP) is 3.00. The first kappa shape index (κ1) is 53.1. The highest BCUT2D eigenvalue weighted by Gasteiger charge is 2.40. The highest BCUT2D eigenvalue weighted by molar-refractivity contribution is 5.95. The fourth-order valence-electron chi connectivity index (χ4n) is 6.07. The molecule has 20 heteroatoms. The van der Waals surface area contributed by atoms with Crippen LogP contribution in [0.15, 0.2) is 54.6 Å². The zero-order valence-electron chi connectivity index (χ0n) is 31.8. The first-order chi connectivity index (χ1) is 25.4. The van der Waals surface area contributed by atoms with Gasteiger partial charge in [-0.3, -0.25) is 24.0 Å². The van der Waals surface area contributed by atoms with Crippen molar-refractivity contribution in [2.24, 2.45) is 23.1 Å². The minimum Gasteiger partial charge on any atom is -0.480 e. The van der Waals surface area contributed by atoms with E-state index in [4.69, 9.17) is 17.2 Å². The highest BCUT2D eigenvalue weighted by atomic mass is 35.5. The van der Waals surface area contributed by atoms with Gasteiger partial charge in [0.1, 0.15) is 29.4 Å². The van der Waals surface area contributed by atoms with Crippen LogP contribution in [0, 0.1) is 5.92 Å². The topological polar surface area (TPSA) is 232 Å². The minimum absolute atomic E-state index is 0. The summed E-state index contributed by atoms with van der Waals surface area (Å²) in [7, 11) is 0. The van der Waals surface area contributed by atoms with Gasteiger partial charge in [-0.05, 0) is 80.7 Å². The standard InChI is InChI=1S/C37H52F3N7O7.3ClH/c1-23(2)20-29(32(49)44-28(10-6-7-17-41)34(51)47-18-15-36(43,16-19-47)35(52)53)46-33(50)30(22-24-8-4-3-5-9-24)45-31(48)27(42)21-25-11-13-26(14-12-25)54-37(38,39)40;;;/h3-5,8-9,11-14,23,27-30H,6-7,10,15-22,41-43H2,1-2H3,(H,44,49)(H,45,48)(H,46,50)(H,52,53);3*1H. The Balaban J connectivity index is 0.0000105. The van der Waals surface area contributed by atoms with Crippen molar-refractivity contribution >= 4 is 66.8 Å². The van der Waals surface area contributed by atoms with Crippen molar-refractivity contribution in [1.29, 1.82) is 0 Å². The summed E-state index contributed by atoms with van der Waals surface area (Å²) in [4.78, 5) is 67.9. The summed E-state index contributed by atoms with van der Waals surface area (Å²) >= 11 is 0. The van der Waals surface area contributed by atoms with E-state index in [2.05, 4.69) is 20.7 Å². The van der Waals surface area contributed by atoms with E-state index in [1.165, 1.54) is 17.0 Å². The maximum absolute atomic E-state index is 13.9. The number of hydrogen-bond donors (Lipinski definition) is 7. The summed E-state index contributed by atoms with van der Waals surface area (Å²) < 4.78 is 41.6. The fraction of sp³-hybridized carbons (Fsp3) is 0.541. The van der Waals surface area contributed by atoms with Crippen LogP contribution in [0.25, 0.3) is 0 Å². The molecular weight excluding hydrogens is 818 g/mol. The number of nitrogens with zero attached hydrogens (tertiary/aromatic N) is 1. The van der Waals surface area contributed by atoms with Crippen molar-refractivity contribution in [2.75, 3.05) is 19.6 Å². The smallest absolute Gasteiger partial charge is 0.480 e. The number of carboxylic acid groups (broad SMARTS) is 1. The summed E-state index contributed by atoms with van der Waals surface area (Å²) in [5.41, 5.74) is 17.6. The van der Waals surface area contributed by atoms with E-state index in [-0.39, 0.29) is 94.8 Å². The maximum atomic E-state index is 13.9. The van der Waals surface area contributed by atoms with E-state index in [0.717, 1.165) is 12.1 Å². The number of aliphatic carboxylic acids is 1. The number of carboxylic acids is 1. The number of piperidine rings is 1. The van der Waals surface area contributed by atoms with Gasteiger partial charge < -0.3 is 47.9 Å². The highest BCUT2D eigenvalue weighted by Crippen LogP contribution is 2.24. The molecule has 2 aromatic rings. The van der Waals surface area contributed by atoms with Crippen LogP contribution in [0.1, 0.15) is 63.5 Å². The van der Waals surface area contributed by atoms with Crippen LogP contribution in [0.3, 0.4) is 0 Å². The largest absolute Gasteiger partial charge is 0.573 e. The number of nitrogens with two attached hydrogens (primary N) is 3. The second-order valence-electron chi connectivity index (χ2n) is 14.1. The van der Waals surface area contributed by atoms with Crippen LogP contribution < -0.4 is 37.9 Å². The Hall–Kier alpha value is -3.87. The third kappa shape index (κ3) is 17.7. The number of hydrogen-bond acceptors (Lipinski definition) is 9. The number of benzene rings is 2. The summed E-state index contributed by atoms with van der Waals surface area (Å²) in [5.74, 6) is -4.04. The average molecular weight is 873 g/mol. The van der Waals surface area contributed by atoms with Crippen molar-refractivity contribution < 1.29 is 47.0 Å². The lowest BCUT2D eigenvalue weighted by Gasteiger charge is -2.38. The molecule has 14 nitrogen and oxygen atoms in total. The molecule has 10 N–H and O–H groups in total. The van der Waals surface area contributed by atoms with E-state index in [0.29, 0.717) is 30.5 Å². The number of likely N-dealkylation sites (tertiary alicyclic amines) is 1. The Morgan fingerprint density at radius 2 is 1.33 bits per heavy atom. The third-order valence-corrected chi connectivity index (χ3v) is 9.16. The van der Waals surface area contributed by atoms with E-state index >= 15 is 0 Å². The summed E-state index contributed by atoms with van der Waals surface area (Å²) in [6, 6.07) is 9.29. The Labute approximate surface area is 349 Å². The van der Waals surface area contributed by atoms with Gasteiger partial charge in [0.2, 0.25) is 23.6 Å². The number of halogens is 6. The number of carbonyl (C=O) groups is 5. The van der Waals surface area contributed by atoms with E-state index in [1.807, 2.05) is 13.8 Å². The molecule has 4 unspecified atom stereocenters. The zero-order valence-corrected chi connectivity index (χ0v) is 34.2. The molecule has 4 atom stereocenters.